The van der Waals surface area contributed by atoms with E-state index in [-0.39, 0.29) is 5.91 Å². The molecule has 0 bridgehead atoms. The van der Waals surface area contributed by atoms with Crippen LogP contribution in [-0.2, 0) is 0 Å². The van der Waals surface area contributed by atoms with E-state index in [2.05, 4.69) is 28.6 Å². The van der Waals surface area contributed by atoms with Gasteiger partial charge in [-0.2, -0.15) is 0 Å². The van der Waals surface area contributed by atoms with Crippen LogP contribution in [0.3, 0.4) is 0 Å². The van der Waals surface area contributed by atoms with E-state index in [1.165, 1.54) is 0 Å². The number of fused-ring (bicyclic) bond motifs is 1. The van der Waals surface area contributed by atoms with Crippen LogP contribution in [0.25, 0.3) is 0 Å². The highest BCUT2D eigenvalue weighted by Crippen LogP contribution is 2.28. The number of carbonyl (C=O) groups is 1. The predicted molar refractivity (Wildman–Crippen MR) is 70.6 cm³/mol. The summed E-state index contributed by atoms with van der Waals surface area (Å²) < 4.78 is 2.07. The second-order valence-corrected chi connectivity index (χ2v) is 5.67. The van der Waals surface area contributed by atoms with Crippen LogP contribution in [0.5, 0.6) is 0 Å². The van der Waals surface area contributed by atoms with Crippen LogP contribution < -0.4 is 5.32 Å². The molecule has 2 fully saturated rings. The normalized spacial score (nSPS) is 26.9. The lowest BCUT2D eigenvalue weighted by molar-refractivity contribution is 0.0724. The monoisotopic (exact) mass is 247 g/mol. The maximum atomic E-state index is 12.7. The van der Waals surface area contributed by atoms with Crippen LogP contribution >= 0.6 is 0 Å². The third kappa shape index (κ3) is 1.75. The van der Waals surface area contributed by atoms with Crippen molar-refractivity contribution in [1.82, 2.24) is 14.8 Å². The van der Waals surface area contributed by atoms with Crippen molar-refractivity contribution in [3.8, 4) is 0 Å². The molecule has 0 saturated carbocycles. The molecule has 3 heterocycles. The molecule has 1 aromatic rings. The molecule has 18 heavy (non-hydrogen) atoms. The zero-order valence-corrected chi connectivity index (χ0v) is 11.1. The highest BCUT2D eigenvalue weighted by atomic mass is 16.2. The van der Waals surface area contributed by atoms with E-state index < -0.39 is 0 Å². The van der Waals surface area contributed by atoms with Crippen molar-refractivity contribution in [1.29, 1.82) is 0 Å². The lowest BCUT2D eigenvalue weighted by Crippen LogP contribution is -2.40. The van der Waals surface area contributed by atoms with E-state index in [4.69, 9.17) is 0 Å². The van der Waals surface area contributed by atoms with E-state index in [0.29, 0.717) is 18.0 Å². The van der Waals surface area contributed by atoms with Gasteiger partial charge in [0.05, 0.1) is 0 Å². The quantitative estimate of drug-likeness (QED) is 0.860. The molecule has 0 spiro atoms. The lowest BCUT2D eigenvalue weighted by Gasteiger charge is -2.24. The Balaban J connectivity index is 1.84. The van der Waals surface area contributed by atoms with Crippen molar-refractivity contribution in [2.45, 2.75) is 32.4 Å². The molecule has 1 amide bonds. The molecule has 0 aliphatic carbocycles. The SMILES string of the molecule is CC(C)n1cccc1C(=O)N1CC[C@@H]2CNC[C@@H]21. The van der Waals surface area contributed by atoms with E-state index in [9.17, 15) is 4.79 Å². The number of amides is 1. The predicted octanol–water partition coefficient (Wildman–Crippen LogP) is 1.50. The number of rotatable bonds is 2. The summed E-state index contributed by atoms with van der Waals surface area (Å²) >= 11 is 0. The highest BCUT2D eigenvalue weighted by Gasteiger charge is 2.40. The first-order valence-corrected chi connectivity index (χ1v) is 6.87. The summed E-state index contributed by atoms with van der Waals surface area (Å²) in [6.45, 7) is 7.17. The fraction of sp³-hybridized carbons (Fsp3) is 0.643. The Morgan fingerprint density at radius 2 is 2.28 bits per heavy atom. The average molecular weight is 247 g/mol. The van der Waals surface area contributed by atoms with E-state index in [0.717, 1.165) is 31.7 Å². The summed E-state index contributed by atoms with van der Waals surface area (Å²) in [6, 6.07) is 4.65. The largest absolute Gasteiger partial charge is 0.341 e. The molecule has 2 atom stereocenters. The van der Waals surface area contributed by atoms with Crippen LogP contribution in [0.15, 0.2) is 18.3 Å². The fourth-order valence-electron chi connectivity index (χ4n) is 3.27. The minimum absolute atomic E-state index is 0.199. The standard InChI is InChI=1S/C14H21N3O/c1-10(2)16-6-3-4-12(16)14(18)17-7-5-11-8-15-9-13(11)17/h3-4,6,10-11,13,15H,5,7-9H2,1-2H3/t11-,13+/m1/s1. The lowest BCUT2D eigenvalue weighted by atomic mass is 10.1. The van der Waals surface area contributed by atoms with E-state index in [1.807, 2.05) is 18.3 Å². The molecular weight excluding hydrogens is 226 g/mol. The highest BCUT2D eigenvalue weighted by molar-refractivity contribution is 5.93. The number of likely N-dealkylation sites (tertiary alicyclic amines) is 1. The molecule has 2 saturated heterocycles. The van der Waals surface area contributed by atoms with Crippen LogP contribution in [-0.4, -0.2) is 41.1 Å². The molecular formula is C14H21N3O. The molecule has 1 aromatic heterocycles. The Kier molecular flexibility index (Phi) is 2.90. The van der Waals surface area contributed by atoms with Crippen molar-refractivity contribution < 1.29 is 4.79 Å². The Bertz CT molecular complexity index is 452. The summed E-state index contributed by atoms with van der Waals surface area (Å²) in [6.07, 6.45) is 3.14. The number of aromatic nitrogens is 1. The third-order valence-corrected chi connectivity index (χ3v) is 4.26. The van der Waals surface area contributed by atoms with Crippen LogP contribution in [0.1, 0.15) is 36.8 Å². The fourth-order valence-corrected chi connectivity index (χ4v) is 3.27. The van der Waals surface area contributed by atoms with E-state index in [1.54, 1.807) is 0 Å². The molecule has 4 nitrogen and oxygen atoms in total. The molecule has 4 heteroatoms. The Hall–Kier alpha value is -1.29. The molecule has 0 aromatic carbocycles. The first kappa shape index (κ1) is 11.8. The van der Waals surface area contributed by atoms with Gasteiger partial charge in [-0.25, -0.2) is 0 Å². The molecule has 0 unspecified atom stereocenters. The maximum Gasteiger partial charge on any atom is 0.270 e. The van der Waals surface area contributed by atoms with Crippen molar-refractivity contribution in [3.05, 3.63) is 24.0 Å². The number of nitrogens with one attached hydrogen (secondary N) is 1. The number of carbonyl (C=O) groups excluding carboxylic acids is 1. The van der Waals surface area contributed by atoms with Gasteiger partial charge in [-0.1, -0.05) is 0 Å². The molecule has 3 rings (SSSR count). The number of nitrogens with zero attached hydrogens (tertiary/aromatic N) is 2. The van der Waals surface area contributed by atoms with Crippen molar-refractivity contribution in [2.75, 3.05) is 19.6 Å². The smallest absolute Gasteiger partial charge is 0.270 e. The van der Waals surface area contributed by atoms with Gasteiger partial charge in [0.25, 0.3) is 5.91 Å². The first-order chi connectivity index (χ1) is 8.68. The van der Waals surface area contributed by atoms with Crippen molar-refractivity contribution in [2.24, 2.45) is 5.92 Å². The average Bonchev–Trinajstić information content (AvgIpc) is 3.03. The van der Waals surface area contributed by atoms with Gasteiger partial charge in [-0.3, -0.25) is 4.79 Å². The maximum absolute atomic E-state index is 12.7. The van der Waals surface area contributed by atoms with Crippen molar-refractivity contribution >= 4 is 5.91 Å². The van der Waals surface area contributed by atoms with Crippen LogP contribution in [0.4, 0.5) is 0 Å². The van der Waals surface area contributed by atoms with Gasteiger partial charge >= 0.3 is 0 Å². The Morgan fingerprint density at radius 3 is 3.06 bits per heavy atom. The number of hydrogen-bond acceptors (Lipinski definition) is 2. The summed E-state index contributed by atoms with van der Waals surface area (Å²) in [5, 5.41) is 3.39. The minimum Gasteiger partial charge on any atom is -0.341 e. The molecule has 2 aliphatic heterocycles. The van der Waals surface area contributed by atoms with Gasteiger partial charge in [-0.15, -0.1) is 0 Å². The molecule has 0 radical (unpaired) electrons. The Labute approximate surface area is 108 Å². The summed E-state index contributed by atoms with van der Waals surface area (Å²) in [7, 11) is 0. The molecule has 2 aliphatic rings. The Morgan fingerprint density at radius 1 is 1.44 bits per heavy atom. The van der Waals surface area contributed by atoms with Gasteiger partial charge < -0.3 is 14.8 Å². The second kappa shape index (κ2) is 4.43. The van der Waals surface area contributed by atoms with Crippen LogP contribution in [0.2, 0.25) is 0 Å². The minimum atomic E-state index is 0.199. The summed E-state index contributed by atoms with van der Waals surface area (Å²) in [5.41, 5.74) is 0.831. The summed E-state index contributed by atoms with van der Waals surface area (Å²) in [5.74, 6) is 0.862. The molecule has 98 valence electrons. The van der Waals surface area contributed by atoms with Gasteiger partial charge in [0.1, 0.15) is 5.69 Å². The third-order valence-electron chi connectivity index (χ3n) is 4.26. The van der Waals surface area contributed by atoms with Gasteiger partial charge in [0.2, 0.25) is 0 Å². The number of hydrogen-bond donors (Lipinski definition) is 1. The summed E-state index contributed by atoms with van der Waals surface area (Å²) in [4.78, 5) is 14.7. The van der Waals surface area contributed by atoms with Crippen LogP contribution in [0, 0.1) is 5.92 Å². The zero-order valence-electron chi connectivity index (χ0n) is 11.1. The van der Waals surface area contributed by atoms with Gasteiger partial charge in [-0.05, 0) is 38.3 Å². The second-order valence-electron chi connectivity index (χ2n) is 5.67. The topological polar surface area (TPSA) is 37.3 Å². The van der Waals surface area contributed by atoms with Crippen molar-refractivity contribution in [3.63, 3.8) is 0 Å². The first-order valence-electron chi connectivity index (χ1n) is 6.87. The van der Waals surface area contributed by atoms with Gasteiger partial charge in [0, 0.05) is 37.9 Å². The molecule has 1 N–H and O–H groups in total. The zero-order chi connectivity index (χ0) is 12.7. The van der Waals surface area contributed by atoms with Gasteiger partial charge in [0.15, 0.2) is 0 Å². The van der Waals surface area contributed by atoms with E-state index >= 15 is 0 Å².